The van der Waals surface area contributed by atoms with Crippen LogP contribution in [0.4, 0.5) is 16.3 Å². The van der Waals surface area contributed by atoms with Gasteiger partial charge in [-0.2, -0.15) is 5.26 Å². The number of carbonyl (C=O) groups excluding carboxylic acids is 1. The molecule has 4 aromatic rings. The van der Waals surface area contributed by atoms with E-state index >= 15 is 0 Å². The molecular weight excluding hydrogens is 498 g/mol. The third-order valence-corrected chi connectivity index (χ3v) is 7.36. The van der Waals surface area contributed by atoms with Gasteiger partial charge in [0.05, 0.1) is 12.7 Å². The molecule has 0 radical (unpaired) electrons. The topological polar surface area (TPSA) is 90.3 Å². The van der Waals surface area contributed by atoms with Crippen LogP contribution in [0.2, 0.25) is 0 Å². The van der Waals surface area contributed by atoms with Gasteiger partial charge in [0.2, 0.25) is 0 Å². The van der Waals surface area contributed by atoms with Crippen LogP contribution in [0.5, 0.6) is 5.75 Å². The summed E-state index contributed by atoms with van der Waals surface area (Å²) in [5.41, 5.74) is 4.61. The summed E-state index contributed by atoms with van der Waals surface area (Å²) in [6.45, 7) is 0.472. The first-order chi connectivity index (χ1) is 19.6. The van der Waals surface area contributed by atoms with E-state index in [-0.39, 0.29) is 18.1 Å². The molecule has 2 amide bonds. The van der Waals surface area contributed by atoms with Crippen molar-refractivity contribution in [3.05, 3.63) is 108 Å². The second kappa shape index (κ2) is 12.8. The predicted octanol–water partition coefficient (Wildman–Crippen LogP) is 6.77. The highest BCUT2D eigenvalue weighted by atomic mass is 16.5. The number of ether oxygens (including phenoxy) is 1. The minimum absolute atomic E-state index is 0.0745. The Labute approximate surface area is 235 Å². The number of rotatable bonds is 8. The number of amides is 2. The fourth-order valence-electron chi connectivity index (χ4n) is 5.20. The molecule has 0 bridgehead atoms. The molecule has 0 unspecified atom stereocenters. The quantitative estimate of drug-likeness (QED) is 0.262. The molecule has 0 spiro atoms. The predicted molar refractivity (Wildman–Crippen MR) is 158 cm³/mol. The minimum Gasteiger partial charge on any atom is -0.497 e. The number of methoxy groups -OCH3 is 1. The standard InChI is InChI=1S/C33H33N5O2/c1-40-31-9-5-8-27(20-31)26-11-15-29(16-12-26)38(33(39)36-22-24-6-3-2-4-7-24)30-17-13-28(14-18-30)37-32-19-10-25(21-34)23-35-32/h2-12,15-16,19-20,23,28,30H,13-14,17-18,22H2,1H3,(H,35,37)(H,36,39). The van der Waals surface area contributed by atoms with Crippen LogP contribution in [-0.2, 0) is 6.54 Å². The lowest BCUT2D eigenvalue weighted by molar-refractivity contribution is 0.240. The van der Waals surface area contributed by atoms with E-state index < -0.39 is 0 Å². The zero-order valence-electron chi connectivity index (χ0n) is 22.6. The largest absolute Gasteiger partial charge is 0.497 e. The fraction of sp³-hybridized carbons (Fsp3) is 0.242. The first kappa shape index (κ1) is 26.8. The van der Waals surface area contributed by atoms with Crippen molar-refractivity contribution in [3.8, 4) is 22.9 Å². The second-order valence-electron chi connectivity index (χ2n) is 9.99. The molecule has 1 aliphatic rings. The van der Waals surface area contributed by atoms with Gasteiger partial charge in [0, 0.05) is 30.5 Å². The van der Waals surface area contributed by atoms with Crippen LogP contribution in [-0.4, -0.2) is 30.2 Å². The molecule has 1 aromatic heterocycles. The summed E-state index contributed by atoms with van der Waals surface area (Å²) in [6, 6.07) is 32.1. The summed E-state index contributed by atoms with van der Waals surface area (Å²) in [6.07, 6.45) is 5.14. The molecule has 3 aromatic carbocycles. The van der Waals surface area contributed by atoms with Crippen molar-refractivity contribution >= 4 is 17.5 Å². The Morgan fingerprint density at radius 2 is 1.73 bits per heavy atom. The SMILES string of the molecule is COc1cccc(-c2ccc(N(C(=O)NCc3ccccc3)C3CCC(Nc4ccc(C#N)cn4)CC3)cc2)c1. The van der Waals surface area contributed by atoms with Crippen molar-refractivity contribution in [1.29, 1.82) is 5.26 Å². The number of hydrogen-bond donors (Lipinski definition) is 2. The summed E-state index contributed by atoms with van der Waals surface area (Å²) in [4.78, 5) is 19.9. The molecule has 202 valence electrons. The van der Waals surface area contributed by atoms with Crippen molar-refractivity contribution in [3.63, 3.8) is 0 Å². The van der Waals surface area contributed by atoms with E-state index in [9.17, 15) is 4.79 Å². The van der Waals surface area contributed by atoms with E-state index in [1.54, 1.807) is 19.4 Å². The lowest BCUT2D eigenvalue weighted by atomic mass is 9.89. The number of nitrogens with zero attached hydrogens (tertiary/aromatic N) is 3. The second-order valence-corrected chi connectivity index (χ2v) is 9.99. The van der Waals surface area contributed by atoms with Gasteiger partial charge in [-0.25, -0.2) is 9.78 Å². The average molecular weight is 532 g/mol. The fourth-order valence-corrected chi connectivity index (χ4v) is 5.20. The highest BCUT2D eigenvalue weighted by Crippen LogP contribution is 2.31. The van der Waals surface area contributed by atoms with Crippen LogP contribution in [0.3, 0.4) is 0 Å². The lowest BCUT2D eigenvalue weighted by Crippen LogP contribution is -2.48. The van der Waals surface area contributed by atoms with Crippen molar-refractivity contribution in [2.24, 2.45) is 0 Å². The van der Waals surface area contributed by atoms with Gasteiger partial charge in [-0.15, -0.1) is 0 Å². The summed E-state index contributed by atoms with van der Waals surface area (Å²) in [5, 5.41) is 15.6. The van der Waals surface area contributed by atoms with Crippen LogP contribution >= 0.6 is 0 Å². The number of pyridine rings is 1. The Balaban J connectivity index is 1.31. The van der Waals surface area contributed by atoms with Crippen LogP contribution in [0.1, 0.15) is 36.8 Å². The van der Waals surface area contributed by atoms with E-state index in [1.807, 2.05) is 71.6 Å². The summed E-state index contributed by atoms with van der Waals surface area (Å²) < 4.78 is 5.39. The first-order valence-corrected chi connectivity index (χ1v) is 13.6. The van der Waals surface area contributed by atoms with Gasteiger partial charge in [-0.05, 0) is 78.8 Å². The van der Waals surface area contributed by atoms with Crippen LogP contribution in [0.25, 0.3) is 11.1 Å². The van der Waals surface area contributed by atoms with Crippen molar-refractivity contribution < 1.29 is 9.53 Å². The summed E-state index contributed by atoms with van der Waals surface area (Å²) >= 11 is 0. The van der Waals surface area contributed by atoms with Crippen LogP contribution < -0.4 is 20.3 Å². The van der Waals surface area contributed by atoms with E-state index in [0.717, 1.165) is 59.6 Å². The number of carbonyl (C=O) groups is 1. The minimum atomic E-state index is -0.0943. The monoisotopic (exact) mass is 531 g/mol. The van der Waals surface area contributed by atoms with E-state index in [0.29, 0.717) is 12.1 Å². The molecule has 0 atom stereocenters. The Bertz CT molecular complexity index is 1440. The Morgan fingerprint density at radius 1 is 0.950 bits per heavy atom. The zero-order chi connectivity index (χ0) is 27.7. The first-order valence-electron chi connectivity index (χ1n) is 13.6. The maximum atomic E-state index is 13.6. The molecule has 1 aliphatic carbocycles. The smallest absolute Gasteiger partial charge is 0.322 e. The van der Waals surface area contributed by atoms with Gasteiger partial charge >= 0.3 is 6.03 Å². The van der Waals surface area contributed by atoms with Crippen molar-refractivity contribution in [2.75, 3.05) is 17.3 Å². The Hall–Kier alpha value is -4.83. The van der Waals surface area contributed by atoms with E-state index in [2.05, 4.69) is 39.9 Å². The summed E-state index contributed by atoms with van der Waals surface area (Å²) in [7, 11) is 1.67. The number of urea groups is 1. The maximum Gasteiger partial charge on any atom is 0.322 e. The van der Waals surface area contributed by atoms with Gasteiger partial charge in [-0.3, -0.25) is 4.90 Å². The number of anilines is 2. The van der Waals surface area contributed by atoms with Gasteiger partial charge in [0.25, 0.3) is 0 Å². The normalized spacial score (nSPS) is 16.4. The molecule has 1 saturated carbocycles. The van der Waals surface area contributed by atoms with Gasteiger partial charge < -0.3 is 15.4 Å². The van der Waals surface area contributed by atoms with Crippen LogP contribution in [0, 0.1) is 11.3 Å². The molecule has 7 heteroatoms. The zero-order valence-corrected chi connectivity index (χ0v) is 22.6. The Morgan fingerprint density at radius 3 is 2.40 bits per heavy atom. The van der Waals surface area contributed by atoms with E-state index in [4.69, 9.17) is 10.00 Å². The molecule has 1 heterocycles. The molecule has 0 saturated heterocycles. The number of aromatic nitrogens is 1. The molecule has 0 aliphatic heterocycles. The third-order valence-electron chi connectivity index (χ3n) is 7.36. The molecule has 5 rings (SSSR count). The molecule has 7 nitrogen and oxygen atoms in total. The third kappa shape index (κ3) is 6.59. The lowest BCUT2D eigenvalue weighted by Gasteiger charge is -2.37. The summed E-state index contributed by atoms with van der Waals surface area (Å²) in [5.74, 6) is 1.58. The average Bonchev–Trinajstić information content (AvgIpc) is 3.02. The number of nitrogens with one attached hydrogen (secondary N) is 2. The van der Waals surface area contributed by atoms with E-state index in [1.165, 1.54) is 0 Å². The molecule has 40 heavy (non-hydrogen) atoms. The van der Waals surface area contributed by atoms with Crippen LogP contribution in [0.15, 0.2) is 97.2 Å². The van der Waals surface area contributed by atoms with Gasteiger partial charge in [-0.1, -0.05) is 54.6 Å². The molecular formula is C33H33N5O2. The van der Waals surface area contributed by atoms with Gasteiger partial charge in [0.15, 0.2) is 0 Å². The molecule has 1 fully saturated rings. The molecule has 2 N–H and O–H groups in total. The van der Waals surface area contributed by atoms with Crippen molar-refractivity contribution in [2.45, 2.75) is 44.3 Å². The number of nitriles is 1. The maximum absolute atomic E-state index is 13.6. The van der Waals surface area contributed by atoms with Crippen molar-refractivity contribution in [1.82, 2.24) is 10.3 Å². The Kier molecular flexibility index (Phi) is 8.57. The highest BCUT2D eigenvalue weighted by Gasteiger charge is 2.30. The number of benzene rings is 3. The highest BCUT2D eigenvalue weighted by molar-refractivity contribution is 5.93. The van der Waals surface area contributed by atoms with Gasteiger partial charge in [0.1, 0.15) is 17.6 Å². The number of hydrogen-bond acceptors (Lipinski definition) is 5.